The number of nitrogens with one attached hydrogen (secondary N) is 1. The second-order valence-electron chi connectivity index (χ2n) is 7.25. The van der Waals surface area contributed by atoms with E-state index in [1.807, 2.05) is 38.1 Å². The number of carbonyl (C=O) groups excluding carboxylic acids is 2. The highest BCUT2D eigenvalue weighted by Crippen LogP contribution is 2.26. The van der Waals surface area contributed by atoms with Crippen molar-refractivity contribution in [2.24, 2.45) is 0 Å². The predicted octanol–water partition coefficient (Wildman–Crippen LogP) is 5.51. The van der Waals surface area contributed by atoms with Crippen LogP contribution in [0.4, 0.5) is 5.69 Å². The lowest BCUT2D eigenvalue weighted by atomic mass is 10.1. The molecule has 0 aliphatic carbocycles. The molecular formula is C24H23ClN2O3. The minimum Gasteiger partial charge on any atom is -0.444 e. The van der Waals surface area contributed by atoms with Crippen molar-refractivity contribution in [3.8, 4) is 0 Å². The van der Waals surface area contributed by atoms with E-state index in [0.717, 1.165) is 11.1 Å². The molecule has 1 N–H and O–H groups in total. The number of hydrogen-bond acceptors (Lipinski definition) is 4. The summed E-state index contributed by atoms with van der Waals surface area (Å²) in [7, 11) is 0. The number of aryl methyl sites for hydroxylation is 4. The van der Waals surface area contributed by atoms with Gasteiger partial charge in [0.25, 0.3) is 5.91 Å². The summed E-state index contributed by atoms with van der Waals surface area (Å²) < 4.78 is 5.65. The highest BCUT2D eigenvalue weighted by molar-refractivity contribution is 6.32. The second kappa shape index (κ2) is 9.09. The molecule has 0 unspecified atom stereocenters. The van der Waals surface area contributed by atoms with Crippen molar-refractivity contribution in [2.75, 3.05) is 5.32 Å². The molecule has 1 aromatic heterocycles. The average molecular weight is 423 g/mol. The molecule has 0 radical (unpaired) electrons. The van der Waals surface area contributed by atoms with Gasteiger partial charge in [-0.15, -0.1) is 0 Å². The first-order valence-electron chi connectivity index (χ1n) is 9.54. The van der Waals surface area contributed by atoms with Gasteiger partial charge in [0.15, 0.2) is 0 Å². The van der Waals surface area contributed by atoms with Crippen LogP contribution in [-0.4, -0.2) is 16.9 Å². The van der Waals surface area contributed by atoms with Crippen LogP contribution in [0.2, 0.25) is 5.15 Å². The van der Waals surface area contributed by atoms with E-state index in [4.69, 9.17) is 16.3 Å². The van der Waals surface area contributed by atoms with Gasteiger partial charge < -0.3 is 10.1 Å². The summed E-state index contributed by atoms with van der Waals surface area (Å²) in [4.78, 5) is 30.2. The van der Waals surface area contributed by atoms with Crippen molar-refractivity contribution in [3.63, 3.8) is 0 Å². The van der Waals surface area contributed by atoms with Gasteiger partial charge in [0, 0.05) is 16.9 Å². The Morgan fingerprint density at radius 3 is 2.33 bits per heavy atom. The SMILES string of the molecule is Cc1ccc(C)c(NC(=O)[C@H](OC(=O)c2c(C)cc(C)nc2Cl)c2ccccc2)c1. The number of halogens is 1. The third-order valence-electron chi connectivity index (χ3n) is 4.72. The zero-order chi connectivity index (χ0) is 21.8. The maximum atomic E-state index is 13.1. The van der Waals surface area contributed by atoms with Gasteiger partial charge in [0.05, 0.1) is 5.56 Å². The van der Waals surface area contributed by atoms with E-state index in [1.54, 1.807) is 44.2 Å². The quantitative estimate of drug-likeness (QED) is 0.435. The van der Waals surface area contributed by atoms with E-state index in [0.29, 0.717) is 22.5 Å². The van der Waals surface area contributed by atoms with Crippen molar-refractivity contribution < 1.29 is 14.3 Å². The van der Waals surface area contributed by atoms with Crippen LogP contribution >= 0.6 is 11.6 Å². The Morgan fingerprint density at radius 1 is 0.967 bits per heavy atom. The van der Waals surface area contributed by atoms with Gasteiger partial charge >= 0.3 is 5.97 Å². The van der Waals surface area contributed by atoms with Gasteiger partial charge in [-0.05, 0) is 56.5 Å². The summed E-state index contributed by atoms with van der Waals surface area (Å²) >= 11 is 6.19. The van der Waals surface area contributed by atoms with Crippen molar-refractivity contribution in [2.45, 2.75) is 33.8 Å². The van der Waals surface area contributed by atoms with Gasteiger partial charge in [-0.1, -0.05) is 54.1 Å². The number of esters is 1. The van der Waals surface area contributed by atoms with Crippen LogP contribution in [0.1, 0.15) is 44.4 Å². The number of pyridine rings is 1. The van der Waals surface area contributed by atoms with Gasteiger partial charge in [0.2, 0.25) is 6.10 Å². The lowest BCUT2D eigenvalue weighted by molar-refractivity contribution is -0.125. The highest BCUT2D eigenvalue weighted by Gasteiger charge is 2.28. The standard InChI is InChI=1S/C24H23ClN2O3/c1-14-10-11-15(2)19(12-14)27-23(28)21(18-8-6-5-7-9-18)30-24(29)20-16(3)13-17(4)26-22(20)25/h5-13,21H,1-4H3,(H,27,28)/t21-/m1/s1. The molecule has 0 fully saturated rings. The molecule has 5 nitrogen and oxygen atoms in total. The van der Waals surface area contributed by atoms with E-state index in [9.17, 15) is 9.59 Å². The van der Waals surface area contributed by atoms with Crippen LogP contribution in [0.15, 0.2) is 54.6 Å². The lowest BCUT2D eigenvalue weighted by Crippen LogP contribution is -2.26. The number of benzene rings is 2. The first-order valence-corrected chi connectivity index (χ1v) is 9.92. The molecule has 0 bridgehead atoms. The predicted molar refractivity (Wildman–Crippen MR) is 118 cm³/mol. The molecular weight excluding hydrogens is 400 g/mol. The van der Waals surface area contributed by atoms with Crippen LogP contribution in [0, 0.1) is 27.7 Å². The Bertz CT molecular complexity index is 1070. The van der Waals surface area contributed by atoms with Crippen LogP contribution < -0.4 is 5.32 Å². The first kappa shape index (κ1) is 21.5. The largest absolute Gasteiger partial charge is 0.444 e. The fourth-order valence-corrected chi connectivity index (χ4v) is 3.53. The molecule has 0 saturated heterocycles. The molecule has 3 aromatic rings. The van der Waals surface area contributed by atoms with E-state index in [-0.39, 0.29) is 10.7 Å². The number of hydrogen-bond donors (Lipinski definition) is 1. The van der Waals surface area contributed by atoms with Crippen molar-refractivity contribution in [3.05, 3.63) is 93.3 Å². The number of rotatable bonds is 5. The highest BCUT2D eigenvalue weighted by atomic mass is 35.5. The molecule has 1 amide bonds. The van der Waals surface area contributed by atoms with Crippen molar-refractivity contribution in [1.29, 1.82) is 0 Å². The average Bonchev–Trinajstić information content (AvgIpc) is 2.68. The number of anilines is 1. The fraction of sp³-hybridized carbons (Fsp3) is 0.208. The number of carbonyl (C=O) groups is 2. The van der Waals surface area contributed by atoms with Gasteiger partial charge in [-0.2, -0.15) is 0 Å². The molecule has 6 heteroatoms. The molecule has 154 valence electrons. The normalized spacial score (nSPS) is 11.6. The minimum absolute atomic E-state index is 0.0549. The Labute approximate surface area is 181 Å². The fourth-order valence-electron chi connectivity index (χ4n) is 3.17. The first-order chi connectivity index (χ1) is 14.3. The van der Waals surface area contributed by atoms with Crippen LogP contribution in [-0.2, 0) is 9.53 Å². The Kier molecular flexibility index (Phi) is 6.53. The third kappa shape index (κ3) is 4.86. The summed E-state index contributed by atoms with van der Waals surface area (Å²) in [6.45, 7) is 7.39. The van der Waals surface area contributed by atoms with E-state index < -0.39 is 18.0 Å². The van der Waals surface area contributed by atoms with Crippen molar-refractivity contribution >= 4 is 29.2 Å². The number of aromatic nitrogens is 1. The Hall–Kier alpha value is -3.18. The summed E-state index contributed by atoms with van der Waals surface area (Å²) in [5.41, 5.74) is 4.64. The minimum atomic E-state index is -1.14. The van der Waals surface area contributed by atoms with E-state index >= 15 is 0 Å². The summed E-state index contributed by atoms with van der Waals surface area (Å²) in [6, 6.07) is 16.4. The molecule has 3 rings (SSSR count). The van der Waals surface area contributed by atoms with Gasteiger partial charge in [-0.25, -0.2) is 9.78 Å². The number of nitrogens with zero attached hydrogens (tertiary/aromatic N) is 1. The number of ether oxygens (including phenoxy) is 1. The van der Waals surface area contributed by atoms with E-state index in [1.165, 1.54) is 0 Å². The molecule has 0 spiro atoms. The zero-order valence-electron chi connectivity index (χ0n) is 17.3. The summed E-state index contributed by atoms with van der Waals surface area (Å²) in [5, 5.41) is 2.93. The molecule has 0 saturated carbocycles. The topological polar surface area (TPSA) is 68.3 Å². The summed E-state index contributed by atoms with van der Waals surface area (Å²) in [5.74, 6) is -1.15. The molecule has 1 atom stereocenters. The van der Waals surface area contributed by atoms with Gasteiger partial charge in [0.1, 0.15) is 5.15 Å². The maximum Gasteiger partial charge on any atom is 0.342 e. The Balaban J connectivity index is 1.93. The van der Waals surface area contributed by atoms with Crippen LogP contribution in [0.5, 0.6) is 0 Å². The van der Waals surface area contributed by atoms with E-state index in [2.05, 4.69) is 10.3 Å². The zero-order valence-corrected chi connectivity index (χ0v) is 18.1. The molecule has 0 aliphatic heterocycles. The van der Waals surface area contributed by atoms with Crippen LogP contribution in [0.25, 0.3) is 0 Å². The molecule has 2 aromatic carbocycles. The molecule has 1 heterocycles. The maximum absolute atomic E-state index is 13.1. The lowest BCUT2D eigenvalue weighted by Gasteiger charge is -2.20. The number of amides is 1. The summed E-state index contributed by atoms with van der Waals surface area (Å²) in [6.07, 6.45) is -1.14. The second-order valence-corrected chi connectivity index (χ2v) is 7.61. The molecule has 30 heavy (non-hydrogen) atoms. The third-order valence-corrected chi connectivity index (χ3v) is 4.99. The van der Waals surface area contributed by atoms with Crippen molar-refractivity contribution in [1.82, 2.24) is 4.98 Å². The smallest absolute Gasteiger partial charge is 0.342 e. The van der Waals surface area contributed by atoms with Gasteiger partial charge in [-0.3, -0.25) is 4.79 Å². The molecule has 0 aliphatic rings. The monoisotopic (exact) mass is 422 g/mol. The Morgan fingerprint density at radius 2 is 1.67 bits per heavy atom. The van der Waals surface area contributed by atoms with Crippen LogP contribution in [0.3, 0.4) is 0 Å².